The first-order valence-electron chi connectivity index (χ1n) is 9.48. The van der Waals surface area contributed by atoms with Gasteiger partial charge >= 0.3 is 5.97 Å². The average molecular weight is 406 g/mol. The first-order valence-corrected chi connectivity index (χ1v) is 9.48. The Morgan fingerprint density at radius 1 is 1.28 bits per heavy atom. The third-order valence-electron chi connectivity index (χ3n) is 5.19. The van der Waals surface area contributed by atoms with Crippen LogP contribution in [0.4, 0.5) is 5.69 Å². The molecule has 3 rings (SSSR count). The lowest BCUT2D eigenvalue weighted by molar-refractivity contribution is -0.151. The second-order valence-corrected chi connectivity index (χ2v) is 7.14. The normalized spacial score (nSPS) is 23.8. The minimum atomic E-state index is -0.346. The van der Waals surface area contributed by atoms with E-state index in [9.17, 15) is 14.4 Å². The molecule has 1 N–H and O–H groups in total. The maximum Gasteiger partial charge on any atom is 0.308 e. The summed E-state index contributed by atoms with van der Waals surface area (Å²) in [5.74, 6) is -0.424. The fraction of sp³-hybridized carbons (Fsp3) is 0.550. The molecular weight excluding hydrogens is 380 g/mol. The van der Waals surface area contributed by atoms with Crippen molar-refractivity contribution in [3.05, 3.63) is 23.8 Å². The molecule has 0 spiro atoms. The molecule has 9 nitrogen and oxygen atoms in total. The lowest BCUT2D eigenvalue weighted by Gasteiger charge is -2.42. The van der Waals surface area contributed by atoms with Crippen LogP contribution in [0.2, 0.25) is 0 Å². The first-order chi connectivity index (χ1) is 13.9. The number of esters is 1. The predicted octanol–water partition coefficient (Wildman–Crippen LogP) is 1.22. The topological polar surface area (TPSA) is 103 Å². The molecule has 1 aromatic carbocycles. The molecule has 2 aliphatic rings. The SMILES string of the molecule is COCC(=O)Nc1ccc2c(c1)C(=O)N(C)[C@@H]1CC[C@@H](CC(=O)OC)O[C@@H]1CO2. The molecule has 0 bridgehead atoms. The highest BCUT2D eigenvalue weighted by molar-refractivity contribution is 6.00. The zero-order valence-electron chi connectivity index (χ0n) is 16.8. The molecule has 1 aromatic rings. The lowest BCUT2D eigenvalue weighted by atomic mass is 9.94. The average Bonchev–Trinajstić information content (AvgIpc) is 2.71. The van der Waals surface area contributed by atoms with Gasteiger partial charge in [0.05, 0.1) is 31.2 Å². The van der Waals surface area contributed by atoms with E-state index >= 15 is 0 Å². The van der Waals surface area contributed by atoms with Gasteiger partial charge in [-0.05, 0) is 31.0 Å². The number of likely N-dealkylation sites (N-methyl/N-ethyl adjacent to an activating group) is 1. The number of anilines is 1. The van der Waals surface area contributed by atoms with Gasteiger partial charge in [-0.2, -0.15) is 0 Å². The van der Waals surface area contributed by atoms with Crippen LogP contribution >= 0.6 is 0 Å². The van der Waals surface area contributed by atoms with Gasteiger partial charge in [-0.15, -0.1) is 0 Å². The number of carbonyl (C=O) groups is 3. The van der Waals surface area contributed by atoms with Crippen molar-refractivity contribution < 1.29 is 33.3 Å². The second-order valence-electron chi connectivity index (χ2n) is 7.14. The maximum atomic E-state index is 13.1. The van der Waals surface area contributed by atoms with E-state index in [2.05, 4.69) is 5.32 Å². The van der Waals surface area contributed by atoms with Crippen molar-refractivity contribution in [1.29, 1.82) is 0 Å². The number of benzene rings is 1. The molecule has 2 aliphatic heterocycles. The van der Waals surface area contributed by atoms with Crippen molar-refractivity contribution in [3.8, 4) is 5.75 Å². The quantitative estimate of drug-likeness (QED) is 0.733. The highest BCUT2D eigenvalue weighted by Gasteiger charge is 2.39. The maximum absolute atomic E-state index is 13.1. The zero-order valence-corrected chi connectivity index (χ0v) is 16.8. The van der Waals surface area contributed by atoms with Crippen LogP contribution in [0.3, 0.4) is 0 Å². The van der Waals surface area contributed by atoms with E-state index in [1.165, 1.54) is 14.2 Å². The van der Waals surface area contributed by atoms with E-state index in [1.807, 2.05) is 0 Å². The van der Waals surface area contributed by atoms with Gasteiger partial charge in [-0.25, -0.2) is 0 Å². The third-order valence-corrected chi connectivity index (χ3v) is 5.19. The molecule has 0 aliphatic carbocycles. The van der Waals surface area contributed by atoms with Gasteiger partial charge in [-0.3, -0.25) is 14.4 Å². The molecular formula is C20H26N2O7. The second kappa shape index (κ2) is 9.23. The molecule has 29 heavy (non-hydrogen) atoms. The van der Waals surface area contributed by atoms with Crippen LogP contribution in [-0.2, 0) is 23.8 Å². The van der Waals surface area contributed by atoms with E-state index < -0.39 is 0 Å². The molecule has 2 heterocycles. The van der Waals surface area contributed by atoms with E-state index in [-0.39, 0.29) is 55.7 Å². The highest BCUT2D eigenvalue weighted by Crippen LogP contribution is 2.32. The van der Waals surface area contributed by atoms with Gasteiger partial charge in [0.25, 0.3) is 5.91 Å². The molecule has 0 radical (unpaired) electrons. The van der Waals surface area contributed by atoms with Crippen molar-refractivity contribution in [1.82, 2.24) is 4.90 Å². The Morgan fingerprint density at radius 3 is 2.79 bits per heavy atom. The fourth-order valence-electron chi connectivity index (χ4n) is 3.70. The molecule has 0 saturated carbocycles. The van der Waals surface area contributed by atoms with Crippen molar-refractivity contribution in [3.63, 3.8) is 0 Å². The van der Waals surface area contributed by atoms with Crippen molar-refractivity contribution in [2.75, 3.05) is 39.8 Å². The summed E-state index contributed by atoms with van der Waals surface area (Å²) < 4.78 is 21.4. The number of carbonyl (C=O) groups excluding carboxylic acids is 3. The molecule has 9 heteroatoms. The Balaban J connectivity index is 1.77. The molecule has 0 unspecified atom stereocenters. The summed E-state index contributed by atoms with van der Waals surface area (Å²) >= 11 is 0. The largest absolute Gasteiger partial charge is 0.490 e. The van der Waals surface area contributed by atoms with Crippen LogP contribution in [0.5, 0.6) is 5.75 Å². The van der Waals surface area contributed by atoms with Gasteiger partial charge in [-0.1, -0.05) is 0 Å². The van der Waals surface area contributed by atoms with Gasteiger partial charge in [0.1, 0.15) is 25.1 Å². The molecule has 158 valence electrons. The van der Waals surface area contributed by atoms with Crippen LogP contribution in [0.25, 0.3) is 0 Å². The summed E-state index contributed by atoms with van der Waals surface area (Å²) in [5.41, 5.74) is 0.865. The van der Waals surface area contributed by atoms with Crippen LogP contribution in [0, 0.1) is 0 Å². The predicted molar refractivity (Wildman–Crippen MR) is 103 cm³/mol. The fourth-order valence-corrected chi connectivity index (χ4v) is 3.70. The summed E-state index contributed by atoms with van der Waals surface area (Å²) in [6.45, 7) is 0.178. The van der Waals surface area contributed by atoms with Gasteiger partial charge < -0.3 is 29.2 Å². The Morgan fingerprint density at radius 2 is 2.07 bits per heavy atom. The highest BCUT2D eigenvalue weighted by atomic mass is 16.6. The van der Waals surface area contributed by atoms with E-state index in [4.69, 9.17) is 18.9 Å². The summed E-state index contributed by atoms with van der Waals surface area (Å²) in [5, 5.41) is 2.69. The monoisotopic (exact) mass is 406 g/mol. The number of nitrogens with zero attached hydrogens (tertiary/aromatic N) is 1. The number of hydrogen-bond donors (Lipinski definition) is 1. The summed E-state index contributed by atoms with van der Waals surface area (Å²) in [4.78, 5) is 38.1. The molecule has 1 fully saturated rings. The number of methoxy groups -OCH3 is 2. The number of rotatable bonds is 5. The summed E-state index contributed by atoms with van der Waals surface area (Å²) in [6.07, 6.45) is 0.916. The lowest BCUT2D eigenvalue weighted by Crippen LogP contribution is -2.53. The van der Waals surface area contributed by atoms with E-state index in [0.717, 1.165) is 0 Å². The van der Waals surface area contributed by atoms with Crippen molar-refractivity contribution >= 4 is 23.5 Å². The van der Waals surface area contributed by atoms with Gasteiger partial charge in [0.2, 0.25) is 5.91 Å². The van der Waals surface area contributed by atoms with Crippen LogP contribution in [0.1, 0.15) is 29.6 Å². The standard InChI is InChI=1S/C20H26N2O7/c1-22-15-6-5-13(9-19(24)27-3)29-17(15)10-28-16-7-4-12(8-14(16)20(22)25)21-18(23)11-26-2/h4,7-8,13,15,17H,5-6,9-11H2,1-3H3,(H,21,23)/t13-,15+,17+/m0/s1. The Kier molecular flexibility index (Phi) is 6.71. The van der Waals surface area contributed by atoms with Crippen LogP contribution in [-0.4, -0.2) is 75.4 Å². The Bertz CT molecular complexity index is 782. The zero-order chi connectivity index (χ0) is 21.0. The number of fused-ring (bicyclic) bond motifs is 2. The minimum Gasteiger partial charge on any atom is -0.490 e. The molecule has 0 aromatic heterocycles. The minimum absolute atomic E-state index is 0.0741. The smallest absolute Gasteiger partial charge is 0.308 e. The Labute approximate surface area is 169 Å². The number of ether oxygens (including phenoxy) is 4. The summed E-state index contributed by atoms with van der Waals surface area (Å²) in [7, 11) is 4.52. The van der Waals surface area contributed by atoms with Gasteiger partial charge in [0, 0.05) is 19.8 Å². The third kappa shape index (κ3) is 4.86. The van der Waals surface area contributed by atoms with E-state index in [0.29, 0.717) is 29.8 Å². The summed E-state index contributed by atoms with van der Waals surface area (Å²) in [6, 6.07) is 4.75. The number of nitrogens with one attached hydrogen (secondary N) is 1. The number of hydrogen-bond acceptors (Lipinski definition) is 7. The van der Waals surface area contributed by atoms with Crippen LogP contribution in [0.15, 0.2) is 18.2 Å². The van der Waals surface area contributed by atoms with Crippen molar-refractivity contribution in [2.24, 2.45) is 0 Å². The molecule has 1 saturated heterocycles. The first kappa shape index (κ1) is 21.1. The number of amides is 2. The molecule has 3 atom stereocenters. The van der Waals surface area contributed by atoms with E-state index in [1.54, 1.807) is 30.1 Å². The Hall–Kier alpha value is -2.65. The van der Waals surface area contributed by atoms with Gasteiger partial charge in [0.15, 0.2) is 0 Å². The van der Waals surface area contributed by atoms with Crippen molar-refractivity contribution in [2.45, 2.75) is 37.5 Å². The van der Waals surface area contributed by atoms with Crippen LogP contribution < -0.4 is 10.1 Å². The molecule has 2 amide bonds.